The lowest BCUT2D eigenvalue weighted by Gasteiger charge is -2.21. The van der Waals surface area contributed by atoms with Crippen molar-refractivity contribution in [2.75, 3.05) is 39.6 Å². The molecule has 97 heavy (non-hydrogen) atoms. The summed E-state index contributed by atoms with van der Waals surface area (Å²) in [6, 6.07) is 0. The standard InChI is InChI=1S/C79H134O16P2/c1-4-7-10-13-16-19-22-25-28-30-32-33-34-35-36-37-38-39-41-43-45-47-50-53-56-59-62-65-77(82)89-68-74(80)69-91-96(85,86)92-70-75(81)71-93-97(87,88)94-73-76(95-79(84)67-64-61-58-55-52-49-44-27-24-21-18-15-12-9-6-3)72-90-78(83)66-63-60-57-54-51-48-46-42-40-31-29-26-23-20-17-14-11-8-5-2/h8,11,16-17,19-20,25-29,32-33,35-36,40,42,44,48,51,57,60,74-76,80-81H,4-7,9-10,12-15,18,21-24,30-31,34,37-39,41,43,45-47,49-50,52-56,58-59,61-73H2,1-3H3,(H,85,86)(H,87,88)/b11-8-,19-16-,20-17-,28-25-,29-26-,33-32-,36-35-,42-40-,44-27-,51-48-,60-57-. The van der Waals surface area contributed by atoms with Crippen LogP contribution in [0.25, 0.3) is 0 Å². The van der Waals surface area contributed by atoms with Crippen LogP contribution >= 0.6 is 15.6 Å². The molecule has 0 aromatic heterocycles. The van der Waals surface area contributed by atoms with Gasteiger partial charge in [-0.1, -0.05) is 276 Å². The number of phosphoric ester groups is 2. The minimum atomic E-state index is -4.95. The summed E-state index contributed by atoms with van der Waals surface area (Å²) in [5.74, 6) is -1.69. The average Bonchev–Trinajstić information content (AvgIpc) is 2.48. The molecule has 0 aliphatic rings. The molecule has 0 aliphatic carbocycles. The highest BCUT2D eigenvalue weighted by Crippen LogP contribution is 2.45. The van der Waals surface area contributed by atoms with Gasteiger partial charge in [-0.05, 0) is 128 Å². The first kappa shape index (κ1) is 92.7. The minimum absolute atomic E-state index is 0.0407. The van der Waals surface area contributed by atoms with Crippen LogP contribution in [-0.2, 0) is 55.8 Å². The molecule has 5 unspecified atom stereocenters. The van der Waals surface area contributed by atoms with Crippen molar-refractivity contribution >= 4 is 33.6 Å². The third-order valence-corrected chi connectivity index (χ3v) is 17.2. The van der Waals surface area contributed by atoms with E-state index in [1.807, 2.05) is 18.2 Å². The summed E-state index contributed by atoms with van der Waals surface area (Å²) < 4.78 is 60.9. The third-order valence-electron chi connectivity index (χ3n) is 15.3. The van der Waals surface area contributed by atoms with Crippen molar-refractivity contribution in [3.05, 3.63) is 134 Å². The molecule has 16 nitrogen and oxygen atoms in total. The number of hydrogen-bond donors (Lipinski definition) is 4. The van der Waals surface area contributed by atoms with Crippen molar-refractivity contribution in [1.82, 2.24) is 0 Å². The van der Waals surface area contributed by atoms with Gasteiger partial charge in [0.25, 0.3) is 0 Å². The van der Waals surface area contributed by atoms with Gasteiger partial charge >= 0.3 is 33.6 Å². The summed E-state index contributed by atoms with van der Waals surface area (Å²) in [5, 5.41) is 20.6. The van der Waals surface area contributed by atoms with Gasteiger partial charge in [-0.2, -0.15) is 0 Å². The summed E-state index contributed by atoms with van der Waals surface area (Å²) in [5.41, 5.74) is 0. The summed E-state index contributed by atoms with van der Waals surface area (Å²) in [6.45, 7) is 2.43. The Hall–Kier alpha value is -4.31. The van der Waals surface area contributed by atoms with Crippen molar-refractivity contribution < 1.29 is 75.8 Å². The maximum absolute atomic E-state index is 12.9. The Labute approximate surface area is 588 Å². The molecule has 0 spiro atoms. The van der Waals surface area contributed by atoms with Gasteiger partial charge in [-0.15, -0.1) is 0 Å². The molecule has 18 heteroatoms. The maximum Gasteiger partial charge on any atom is 0.472 e. The number of ether oxygens (including phenoxy) is 3. The van der Waals surface area contributed by atoms with Gasteiger partial charge in [0.15, 0.2) is 6.10 Å². The van der Waals surface area contributed by atoms with Gasteiger partial charge in [0.2, 0.25) is 0 Å². The molecule has 0 amide bonds. The molecule has 5 atom stereocenters. The minimum Gasteiger partial charge on any atom is -0.463 e. The second-order valence-electron chi connectivity index (χ2n) is 24.7. The summed E-state index contributed by atoms with van der Waals surface area (Å²) in [4.78, 5) is 58.5. The second kappa shape index (κ2) is 71.5. The number of esters is 3. The summed E-state index contributed by atoms with van der Waals surface area (Å²) in [6.07, 6.45) is 85.2. The lowest BCUT2D eigenvalue weighted by Crippen LogP contribution is -2.30. The number of carbonyl (C=O) groups is 3. The fourth-order valence-electron chi connectivity index (χ4n) is 9.63. The van der Waals surface area contributed by atoms with E-state index in [2.05, 4.69) is 136 Å². The number of unbranched alkanes of at least 4 members (excludes halogenated alkanes) is 25. The van der Waals surface area contributed by atoms with Gasteiger partial charge < -0.3 is 34.2 Å². The SMILES string of the molecule is CC/C=C\C/C=C\C/C=C\C/C=C\C/C=C\C/C=C\CCC(=O)OCC(COP(=O)(O)OCC(O)COP(=O)(O)OCC(O)COC(=O)CCCCCCCCCCCCC/C=C\C/C=C\C/C=C\C/C=C\CCCCC)OC(=O)CCCCCCC/C=C\CCCCCCCC. The fourth-order valence-corrected chi connectivity index (χ4v) is 11.2. The van der Waals surface area contributed by atoms with Crippen LogP contribution in [0.3, 0.4) is 0 Å². The number of rotatable bonds is 70. The van der Waals surface area contributed by atoms with Crippen LogP contribution in [0.2, 0.25) is 0 Å². The Bertz CT molecular complexity index is 2300. The van der Waals surface area contributed by atoms with Crippen LogP contribution in [-0.4, -0.2) is 95.9 Å². The van der Waals surface area contributed by atoms with E-state index in [-0.39, 0.29) is 19.3 Å². The predicted octanol–water partition coefficient (Wildman–Crippen LogP) is 21.5. The Morgan fingerprint density at radius 2 is 0.567 bits per heavy atom. The van der Waals surface area contributed by atoms with Gasteiger partial charge in [-0.3, -0.25) is 32.5 Å². The quantitative estimate of drug-likeness (QED) is 0.0146. The zero-order chi connectivity index (χ0) is 70.9. The van der Waals surface area contributed by atoms with Gasteiger partial charge in [0.1, 0.15) is 25.4 Å². The molecule has 0 aromatic rings. The van der Waals surface area contributed by atoms with Crippen molar-refractivity contribution in [2.24, 2.45) is 0 Å². The molecule has 0 bridgehead atoms. The number of carbonyl (C=O) groups excluding carboxylic acids is 3. The predicted molar refractivity (Wildman–Crippen MR) is 399 cm³/mol. The monoisotopic (exact) mass is 1400 g/mol. The first-order chi connectivity index (χ1) is 47.2. The van der Waals surface area contributed by atoms with E-state index < -0.39 is 91.5 Å². The highest BCUT2D eigenvalue weighted by atomic mass is 31.2. The first-order valence-electron chi connectivity index (χ1n) is 37.5. The smallest absolute Gasteiger partial charge is 0.463 e. The summed E-state index contributed by atoms with van der Waals surface area (Å²) in [7, 11) is -9.81. The molecular weight excluding hydrogens is 1270 g/mol. The van der Waals surface area contributed by atoms with Crippen molar-refractivity contribution in [3.8, 4) is 0 Å². The molecule has 0 radical (unpaired) electrons. The molecule has 0 aliphatic heterocycles. The van der Waals surface area contributed by atoms with E-state index in [0.29, 0.717) is 25.7 Å². The maximum atomic E-state index is 12.9. The third kappa shape index (κ3) is 72.8. The van der Waals surface area contributed by atoms with Crippen molar-refractivity contribution in [3.63, 3.8) is 0 Å². The van der Waals surface area contributed by atoms with Crippen LogP contribution in [0.4, 0.5) is 0 Å². The molecule has 4 N–H and O–H groups in total. The molecule has 0 rings (SSSR count). The van der Waals surface area contributed by atoms with E-state index in [0.717, 1.165) is 116 Å². The molecule has 0 saturated heterocycles. The number of phosphoric acid groups is 2. The molecular formula is C79H134O16P2. The first-order valence-corrected chi connectivity index (χ1v) is 40.5. The van der Waals surface area contributed by atoms with E-state index in [1.165, 1.54) is 109 Å². The van der Waals surface area contributed by atoms with Crippen LogP contribution in [0.15, 0.2) is 134 Å². The summed E-state index contributed by atoms with van der Waals surface area (Å²) >= 11 is 0. The average molecular weight is 1400 g/mol. The Balaban J connectivity index is 4.62. The number of hydrogen-bond acceptors (Lipinski definition) is 14. The Morgan fingerprint density at radius 3 is 0.959 bits per heavy atom. The van der Waals surface area contributed by atoms with Crippen molar-refractivity contribution in [1.29, 1.82) is 0 Å². The topological polar surface area (TPSA) is 231 Å². The highest BCUT2D eigenvalue weighted by molar-refractivity contribution is 7.47. The van der Waals surface area contributed by atoms with Crippen LogP contribution in [0.1, 0.15) is 290 Å². The van der Waals surface area contributed by atoms with Crippen molar-refractivity contribution in [2.45, 2.75) is 309 Å². The Morgan fingerprint density at radius 1 is 0.299 bits per heavy atom. The van der Waals surface area contributed by atoms with E-state index in [4.69, 9.17) is 32.3 Å². The lowest BCUT2D eigenvalue weighted by molar-refractivity contribution is -0.161. The second-order valence-corrected chi connectivity index (χ2v) is 27.6. The van der Waals surface area contributed by atoms with Gasteiger partial charge in [-0.25, -0.2) is 9.13 Å². The lowest BCUT2D eigenvalue weighted by atomic mass is 10.0. The fraction of sp³-hybridized carbons (Fsp3) is 0.684. The molecule has 0 aromatic carbocycles. The number of allylic oxidation sites excluding steroid dienone is 22. The van der Waals surface area contributed by atoms with E-state index >= 15 is 0 Å². The molecule has 0 saturated carbocycles. The molecule has 0 heterocycles. The van der Waals surface area contributed by atoms with Gasteiger partial charge in [0, 0.05) is 19.3 Å². The number of aliphatic hydroxyl groups excluding tert-OH is 2. The van der Waals surface area contributed by atoms with Crippen LogP contribution in [0.5, 0.6) is 0 Å². The van der Waals surface area contributed by atoms with E-state index in [1.54, 1.807) is 0 Å². The molecule has 0 fully saturated rings. The van der Waals surface area contributed by atoms with Crippen LogP contribution in [0, 0.1) is 0 Å². The molecule has 556 valence electrons. The largest absolute Gasteiger partial charge is 0.472 e. The zero-order valence-corrected chi connectivity index (χ0v) is 62.2. The van der Waals surface area contributed by atoms with Crippen LogP contribution < -0.4 is 0 Å². The normalized spacial score (nSPS) is 14.8. The van der Waals surface area contributed by atoms with Gasteiger partial charge in [0.05, 0.1) is 26.4 Å². The van der Waals surface area contributed by atoms with E-state index in [9.17, 15) is 43.5 Å². The number of aliphatic hydroxyl groups is 2. The highest BCUT2D eigenvalue weighted by Gasteiger charge is 2.29. The Kier molecular flexibility index (Phi) is 68.3. The zero-order valence-electron chi connectivity index (χ0n) is 60.5.